The zero-order chi connectivity index (χ0) is 14.7. The molecule has 0 heterocycles. The molecule has 0 saturated heterocycles. The van der Waals surface area contributed by atoms with Crippen LogP contribution in [-0.2, 0) is 0 Å². The molecule has 4 heteroatoms. The van der Waals surface area contributed by atoms with E-state index in [-0.39, 0.29) is 5.91 Å². The first-order valence-electron chi connectivity index (χ1n) is 7.24. The molecule has 0 spiro atoms. The minimum atomic E-state index is 0.0225. The van der Waals surface area contributed by atoms with Crippen LogP contribution in [0.1, 0.15) is 43.0 Å². The summed E-state index contributed by atoms with van der Waals surface area (Å²) in [5, 5.41) is 0. The molecule has 1 aromatic rings. The lowest BCUT2D eigenvalue weighted by Gasteiger charge is -2.36. The second-order valence-corrected chi connectivity index (χ2v) is 5.74. The molecule has 0 bridgehead atoms. The van der Waals surface area contributed by atoms with E-state index in [0.717, 1.165) is 6.42 Å². The van der Waals surface area contributed by atoms with Crippen LogP contribution in [0.4, 0.5) is 5.69 Å². The smallest absolute Gasteiger partial charge is 0.254 e. The molecule has 2 unspecified atom stereocenters. The number of benzene rings is 1. The van der Waals surface area contributed by atoms with E-state index in [1.807, 2.05) is 11.9 Å². The Bertz CT molecular complexity index is 487. The number of carbonyl (C=O) groups excluding carboxylic acids is 1. The van der Waals surface area contributed by atoms with Gasteiger partial charge in [0.2, 0.25) is 0 Å². The van der Waals surface area contributed by atoms with Gasteiger partial charge in [0.1, 0.15) is 5.75 Å². The SMILES string of the molecule is COc1cc(N)cc(C(=O)N(C)C2CCCCC2C)c1. The summed E-state index contributed by atoms with van der Waals surface area (Å²) in [7, 11) is 3.47. The van der Waals surface area contributed by atoms with Crippen molar-refractivity contribution >= 4 is 11.6 Å². The summed E-state index contributed by atoms with van der Waals surface area (Å²) in [5.41, 5.74) is 6.98. The maximum atomic E-state index is 12.6. The van der Waals surface area contributed by atoms with E-state index >= 15 is 0 Å². The van der Waals surface area contributed by atoms with E-state index in [2.05, 4.69) is 6.92 Å². The first-order chi connectivity index (χ1) is 9.52. The van der Waals surface area contributed by atoms with Crippen LogP contribution in [0.15, 0.2) is 18.2 Å². The van der Waals surface area contributed by atoms with Gasteiger partial charge in [0.05, 0.1) is 7.11 Å². The van der Waals surface area contributed by atoms with Crippen LogP contribution in [0.3, 0.4) is 0 Å². The molecular weight excluding hydrogens is 252 g/mol. The van der Waals surface area contributed by atoms with Crippen molar-refractivity contribution in [3.63, 3.8) is 0 Å². The first kappa shape index (κ1) is 14.7. The average molecular weight is 276 g/mol. The second kappa shape index (κ2) is 6.16. The van der Waals surface area contributed by atoms with Crippen molar-refractivity contribution in [2.45, 2.75) is 38.6 Å². The molecule has 4 nitrogen and oxygen atoms in total. The van der Waals surface area contributed by atoms with Gasteiger partial charge in [-0.05, 0) is 30.9 Å². The van der Waals surface area contributed by atoms with Gasteiger partial charge in [-0.1, -0.05) is 19.8 Å². The number of anilines is 1. The predicted octanol–water partition coefficient (Wildman–Crippen LogP) is 2.93. The first-order valence-corrected chi connectivity index (χ1v) is 7.24. The number of nitrogens with zero attached hydrogens (tertiary/aromatic N) is 1. The monoisotopic (exact) mass is 276 g/mol. The van der Waals surface area contributed by atoms with Gasteiger partial charge in [-0.15, -0.1) is 0 Å². The zero-order valence-corrected chi connectivity index (χ0v) is 12.6. The third-order valence-electron chi connectivity index (χ3n) is 4.30. The molecular formula is C16H24N2O2. The number of hydrogen-bond donors (Lipinski definition) is 1. The number of nitrogens with two attached hydrogens (primary N) is 1. The van der Waals surface area contributed by atoms with Gasteiger partial charge >= 0.3 is 0 Å². The molecule has 1 fully saturated rings. The van der Waals surface area contributed by atoms with Gasteiger partial charge in [0, 0.05) is 30.4 Å². The van der Waals surface area contributed by atoms with Crippen LogP contribution in [0.25, 0.3) is 0 Å². The topological polar surface area (TPSA) is 55.6 Å². The fourth-order valence-corrected chi connectivity index (χ4v) is 3.09. The molecule has 0 radical (unpaired) electrons. The standard InChI is InChI=1S/C16H24N2O2/c1-11-6-4-5-7-15(11)18(2)16(19)12-8-13(17)10-14(9-12)20-3/h8-11,15H,4-7,17H2,1-3H3. The highest BCUT2D eigenvalue weighted by Crippen LogP contribution is 2.29. The van der Waals surface area contributed by atoms with Crippen LogP contribution in [0.5, 0.6) is 5.75 Å². The lowest BCUT2D eigenvalue weighted by atomic mass is 9.85. The highest BCUT2D eigenvalue weighted by molar-refractivity contribution is 5.95. The number of hydrogen-bond acceptors (Lipinski definition) is 3. The van der Waals surface area contributed by atoms with Crippen molar-refractivity contribution in [3.8, 4) is 5.75 Å². The average Bonchev–Trinajstić information content (AvgIpc) is 2.45. The van der Waals surface area contributed by atoms with Gasteiger partial charge in [0.25, 0.3) is 5.91 Å². The Labute approximate surface area is 120 Å². The molecule has 0 aromatic heterocycles. The zero-order valence-electron chi connectivity index (χ0n) is 12.6. The summed E-state index contributed by atoms with van der Waals surface area (Å²) < 4.78 is 5.18. The molecule has 1 aliphatic rings. The molecule has 2 N–H and O–H groups in total. The summed E-state index contributed by atoms with van der Waals surface area (Å²) >= 11 is 0. The van der Waals surface area contributed by atoms with E-state index in [9.17, 15) is 4.79 Å². The van der Waals surface area contributed by atoms with Gasteiger partial charge in [0.15, 0.2) is 0 Å². The molecule has 1 aromatic carbocycles. The third kappa shape index (κ3) is 3.06. The fourth-order valence-electron chi connectivity index (χ4n) is 3.09. The summed E-state index contributed by atoms with van der Waals surface area (Å²) in [4.78, 5) is 14.5. The lowest BCUT2D eigenvalue weighted by Crippen LogP contribution is -2.42. The maximum Gasteiger partial charge on any atom is 0.254 e. The van der Waals surface area contributed by atoms with Crippen LogP contribution in [0.2, 0.25) is 0 Å². The van der Waals surface area contributed by atoms with Crippen LogP contribution in [-0.4, -0.2) is 31.0 Å². The minimum absolute atomic E-state index is 0.0225. The lowest BCUT2D eigenvalue weighted by molar-refractivity contribution is 0.0628. The molecule has 20 heavy (non-hydrogen) atoms. The van der Waals surface area contributed by atoms with Gasteiger partial charge in [-0.3, -0.25) is 4.79 Å². The maximum absolute atomic E-state index is 12.6. The van der Waals surface area contributed by atoms with Gasteiger partial charge in [-0.2, -0.15) is 0 Å². The highest BCUT2D eigenvalue weighted by atomic mass is 16.5. The number of carbonyl (C=O) groups is 1. The summed E-state index contributed by atoms with van der Waals surface area (Å²) in [5.74, 6) is 1.20. The second-order valence-electron chi connectivity index (χ2n) is 5.74. The van der Waals surface area contributed by atoms with Crippen molar-refractivity contribution in [1.82, 2.24) is 4.90 Å². The van der Waals surface area contributed by atoms with Crippen LogP contribution < -0.4 is 10.5 Å². The Kier molecular flexibility index (Phi) is 4.53. The Balaban J connectivity index is 2.19. The highest BCUT2D eigenvalue weighted by Gasteiger charge is 2.28. The molecule has 2 atom stereocenters. The van der Waals surface area contributed by atoms with E-state index in [0.29, 0.717) is 29.0 Å². The Morgan fingerprint density at radius 1 is 1.30 bits per heavy atom. The predicted molar refractivity (Wildman–Crippen MR) is 80.9 cm³/mol. The summed E-state index contributed by atoms with van der Waals surface area (Å²) in [6, 6.07) is 5.51. The number of rotatable bonds is 3. The number of ether oxygens (including phenoxy) is 1. The molecule has 0 aliphatic heterocycles. The normalized spacial score (nSPS) is 22.4. The molecule has 2 rings (SSSR count). The van der Waals surface area contributed by atoms with Crippen molar-refractivity contribution in [2.24, 2.45) is 5.92 Å². The van der Waals surface area contributed by atoms with E-state index in [4.69, 9.17) is 10.5 Å². The van der Waals surface area contributed by atoms with Crippen molar-refractivity contribution < 1.29 is 9.53 Å². The quantitative estimate of drug-likeness (QED) is 0.864. The van der Waals surface area contributed by atoms with E-state index in [1.54, 1.807) is 25.3 Å². The fraction of sp³-hybridized carbons (Fsp3) is 0.562. The number of amides is 1. The number of methoxy groups -OCH3 is 1. The summed E-state index contributed by atoms with van der Waals surface area (Å²) in [6.45, 7) is 2.23. The Morgan fingerprint density at radius 3 is 2.65 bits per heavy atom. The van der Waals surface area contributed by atoms with E-state index < -0.39 is 0 Å². The van der Waals surface area contributed by atoms with Crippen molar-refractivity contribution in [3.05, 3.63) is 23.8 Å². The minimum Gasteiger partial charge on any atom is -0.497 e. The molecule has 1 amide bonds. The van der Waals surface area contributed by atoms with Gasteiger partial charge < -0.3 is 15.4 Å². The molecule has 1 saturated carbocycles. The summed E-state index contributed by atoms with van der Waals surface area (Å²) in [6.07, 6.45) is 4.75. The Hall–Kier alpha value is -1.71. The van der Waals surface area contributed by atoms with Crippen LogP contribution in [0, 0.1) is 5.92 Å². The van der Waals surface area contributed by atoms with E-state index in [1.165, 1.54) is 19.3 Å². The number of nitrogen functional groups attached to an aromatic ring is 1. The van der Waals surface area contributed by atoms with Crippen LogP contribution >= 0.6 is 0 Å². The molecule has 110 valence electrons. The third-order valence-corrected chi connectivity index (χ3v) is 4.30. The Morgan fingerprint density at radius 2 is 2.00 bits per heavy atom. The van der Waals surface area contributed by atoms with Crippen molar-refractivity contribution in [1.29, 1.82) is 0 Å². The molecule has 1 aliphatic carbocycles. The van der Waals surface area contributed by atoms with Crippen molar-refractivity contribution in [2.75, 3.05) is 19.9 Å². The van der Waals surface area contributed by atoms with Gasteiger partial charge in [-0.25, -0.2) is 0 Å². The largest absolute Gasteiger partial charge is 0.497 e.